The van der Waals surface area contributed by atoms with Crippen LogP contribution in [0, 0.1) is 0 Å². The number of hydrogen-bond donors (Lipinski definition) is 1. The van der Waals surface area contributed by atoms with Crippen LogP contribution in [-0.4, -0.2) is 23.5 Å². The number of hydrogen-bond acceptors (Lipinski definition) is 5. The van der Waals surface area contributed by atoms with Gasteiger partial charge in [0.1, 0.15) is 5.82 Å². The Balaban J connectivity index is 2.51. The second-order valence-corrected chi connectivity index (χ2v) is 3.14. The first kappa shape index (κ1) is 11.5. The van der Waals surface area contributed by atoms with Gasteiger partial charge in [0.2, 0.25) is 6.29 Å². The summed E-state index contributed by atoms with van der Waals surface area (Å²) < 4.78 is 4.64. The fourth-order valence-corrected chi connectivity index (χ4v) is 1.01. The first-order valence-electron chi connectivity index (χ1n) is 4.15. The third kappa shape index (κ3) is 3.95. The van der Waals surface area contributed by atoms with E-state index in [0.29, 0.717) is 10.8 Å². The van der Waals surface area contributed by atoms with Gasteiger partial charge >= 0.3 is 5.97 Å². The highest BCUT2D eigenvalue weighted by molar-refractivity contribution is 6.30. The van der Waals surface area contributed by atoms with Gasteiger partial charge in [-0.3, -0.25) is 4.79 Å². The molecule has 0 spiro atoms. The maximum Gasteiger partial charge on any atom is 0.373 e. The molecule has 0 aliphatic heterocycles. The summed E-state index contributed by atoms with van der Waals surface area (Å²) in [5, 5.41) is 3.27. The minimum absolute atomic E-state index is 0.105. The normalized spacial score (nSPS) is 11.6. The number of anilines is 1. The van der Waals surface area contributed by atoms with Crippen molar-refractivity contribution in [1.82, 2.24) is 4.98 Å². The number of carbonyl (C=O) groups excluding carboxylic acids is 2. The van der Waals surface area contributed by atoms with Crippen molar-refractivity contribution in [2.45, 2.75) is 13.2 Å². The van der Waals surface area contributed by atoms with Crippen LogP contribution in [0.5, 0.6) is 0 Å². The summed E-state index contributed by atoms with van der Waals surface area (Å²) in [6.45, 7) is 1.58. The Hall–Kier alpha value is -1.62. The zero-order valence-corrected chi connectivity index (χ0v) is 8.69. The molecule has 1 heterocycles. The van der Waals surface area contributed by atoms with Gasteiger partial charge in [0.25, 0.3) is 0 Å². The van der Waals surface area contributed by atoms with Crippen LogP contribution in [0.4, 0.5) is 5.82 Å². The molecule has 0 saturated heterocycles. The number of aromatic nitrogens is 1. The second-order valence-electron chi connectivity index (χ2n) is 2.70. The molecule has 1 aromatic heterocycles. The number of aldehydes is 1. The fraction of sp³-hybridized carbons (Fsp3) is 0.222. The molecule has 0 aliphatic rings. The lowest BCUT2D eigenvalue weighted by atomic mass is 10.4. The van der Waals surface area contributed by atoms with Gasteiger partial charge in [-0.15, -0.1) is 0 Å². The molecule has 1 rings (SSSR count). The first-order chi connectivity index (χ1) is 7.11. The summed E-state index contributed by atoms with van der Waals surface area (Å²) in [4.78, 5) is 24.5. The van der Waals surface area contributed by atoms with Gasteiger partial charge < -0.3 is 10.1 Å². The number of halogens is 1. The standard InChI is InChI=1S/C9H9ClN2O3/c1-6(15-9(14)5-13)12-8-3-2-7(10)4-11-8/h2-6H,1H3,(H,11,12). The molecular weight excluding hydrogens is 220 g/mol. The van der Waals surface area contributed by atoms with Crippen LogP contribution in [0.25, 0.3) is 0 Å². The molecule has 0 radical (unpaired) electrons. The largest absolute Gasteiger partial charge is 0.437 e. The maximum absolute atomic E-state index is 10.6. The molecule has 80 valence electrons. The average Bonchev–Trinajstić information content (AvgIpc) is 2.21. The molecule has 0 aliphatic carbocycles. The molecule has 0 amide bonds. The molecule has 0 saturated carbocycles. The molecule has 1 unspecified atom stereocenters. The highest BCUT2D eigenvalue weighted by Crippen LogP contribution is 2.10. The van der Waals surface area contributed by atoms with Crippen LogP contribution < -0.4 is 5.32 Å². The molecule has 6 heteroatoms. The molecule has 1 atom stereocenters. The fourth-order valence-electron chi connectivity index (χ4n) is 0.901. The zero-order valence-electron chi connectivity index (χ0n) is 7.94. The molecule has 0 fully saturated rings. The van der Waals surface area contributed by atoms with Gasteiger partial charge in [-0.2, -0.15) is 0 Å². The summed E-state index contributed by atoms with van der Waals surface area (Å²) in [7, 11) is 0. The van der Waals surface area contributed by atoms with Gasteiger partial charge in [-0.1, -0.05) is 11.6 Å². The molecular formula is C9H9ClN2O3. The molecule has 0 aromatic carbocycles. The minimum atomic E-state index is -0.927. The first-order valence-corrected chi connectivity index (χ1v) is 4.53. The Kier molecular flexibility index (Phi) is 4.05. The van der Waals surface area contributed by atoms with Gasteiger partial charge in [0.15, 0.2) is 6.23 Å². The van der Waals surface area contributed by atoms with E-state index in [0.717, 1.165) is 0 Å². The molecule has 1 N–H and O–H groups in total. The number of nitrogens with one attached hydrogen (secondary N) is 1. The number of pyridine rings is 1. The van der Waals surface area contributed by atoms with Crippen molar-refractivity contribution in [1.29, 1.82) is 0 Å². The SMILES string of the molecule is CC(Nc1ccc(Cl)cn1)OC(=O)C=O. The summed E-state index contributed by atoms with van der Waals surface area (Å²) in [6, 6.07) is 3.28. The summed E-state index contributed by atoms with van der Waals surface area (Å²) in [5.41, 5.74) is 0. The van der Waals surface area contributed by atoms with Gasteiger partial charge in [0.05, 0.1) is 5.02 Å². The van der Waals surface area contributed by atoms with Crippen LogP contribution >= 0.6 is 11.6 Å². The van der Waals surface area contributed by atoms with Crippen molar-refractivity contribution in [2.75, 3.05) is 5.32 Å². The lowest BCUT2D eigenvalue weighted by Gasteiger charge is -2.13. The van der Waals surface area contributed by atoms with Crippen LogP contribution in [0.2, 0.25) is 5.02 Å². The van der Waals surface area contributed by atoms with Crippen molar-refractivity contribution >= 4 is 29.7 Å². The summed E-state index contributed by atoms with van der Waals surface area (Å²) >= 11 is 5.63. The Morgan fingerprint density at radius 2 is 2.40 bits per heavy atom. The van der Waals surface area contributed by atoms with Crippen LogP contribution in [0.3, 0.4) is 0 Å². The number of nitrogens with zero attached hydrogens (tertiary/aromatic N) is 1. The predicted molar refractivity (Wildman–Crippen MR) is 54.5 cm³/mol. The number of carbonyl (C=O) groups is 2. The van der Waals surface area contributed by atoms with E-state index in [4.69, 9.17) is 11.6 Å². The lowest BCUT2D eigenvalue weighted by molar-refractivity contribution is -0.151. The molecule has 15 heavy (non-hydrogen) atoms. The summed E-state index contributed by atoms with van der Waals surface area (Å²) in [6.07, 6.45) is 0.933. The zero-order chi connectivity index (χ0) is 11.3. The smallest absolute Gasteiger partial charge is 0.373 e. The Bertz CT molecular complexity index is 353. The molecule has 0 bridgehead atoms. The number of esters is 1. The average molecular weight is 229 g/mol. The monoisotopic (exact) mass is 228 g/mol. The molecule has 5 nitrogen and oxygen atoms in total. The third-order valence-electron chi connectivity index (χ3n) is 1.47. The van der Waals surface area contributed by atoms with Crippen molar-refractivity contribution in [3.63, 3.8) is 0 Å². The van der Waals surface area contributed by atoms with Crippen molar-refractivity contribution in [3.05, 3.63) is 23.4 Å². The van der Waals surface area contributed by atoms with E-state index >= 15 is 0 Å². The number of rotatable bonds is 4. The van der Waals surface area contributed by atoms with Crippen molar-refractivity contribution in [3.8, 4) is 0 Å². The quantitative estimate of drug-likeness (QED) is 0.363. The Labute approximate surface area is 91.4 Å². The van der Waals surface area contributed by atoms with Crippen LogP contribution in [0.15, 0.2) is 18.3 Å². The predicted octanol–water partition coefficient (Wildman–Crippen LogP) is 1.23. The topological polar surface area (TPSA) is 68.3 Å². The van der Waals surface area contributed by atoms with E-state index in [9.17, 15) is 9.59 Å². The highest BCUT2D eigenvalue weighted by atomic mass is 35.5. The van der Waals surface area contributed by atoms with Gasteiger partial charge in [-0.25, -0.2) is 9.78 Å². The van der Waals surface area contributed by atoms with E-state index in [1.165, 1.54) is 6.20 Å². The van der Waals surface area contributed by atoms with Gasteiger partial charge in [-0.05, 0) is 19.1 Å². The van der Waals surface area contributed by atoms with Crippen LogP contribution in [-0.2, 0) is 14.3 Å². The molecule has 1 aromatic rings. The maximum atomic E-state index is 10.6. The van der Waals surface area contributed by atoms with Crippen molar-refractivity contribution in [2.24, 2.45) is 0 Å². The van der Waals surface area contributed by atoms with Crippen molar-refractivity contribution < 1.29 is 14.3 Å². The highest BCUT2D eigenvalue weighted by Gasteiger charge is 2.07. The third-order valence-corrected chi connectivity index (χ3v) is 1.69. The minimum Gasteiger partial charge on any atom is -0.437 e. The van der Waals surface area contributed by atoms with Gasteiger partial charge in [0, 0.05) is 6.20 Å². The van der Waals surface area contributed by atoms with E-state index < -0.39 is 12.2 Å². The number of ether oxygens (including phenoxy) is 1. The van der Waals surface area contributed by atoms with E-state index in [-0.39, 0.29) is 6.29 Å². The lowest BCUT2D eigenvalue weighted by Crippen LogP contribution is -2.23. The summed E-state index contributed by atoms with van der Waals surface area (Å²) in [5.74, 6) is -0.422. The Morgan fingerprint density at radius 1 is 1.67 bits per heavy atom. The Morgan fingerprint density at radius 3 is 2.93 bits per heavy atom. The van der Waals surface area contributed by atoms with E-state index in [1.54, 1.807) is 19.1 Å². The second kappa shape index (κ2) is 5.31. The van der Waals surface area contributed by atoms with E-state index in [2.05, 4.69) is 15.0 Å². The van der Waals surface area contributed by atoms with E-state index in [1.807, 2.05) is 0 Å². The van der Waals surface area contributed by atoms with Crippen LogP contribution in [0.1, 0.15) is 6.92 Å².